The lowest BCUT2D eigenvalue weighted by atomic mass is 10.1. The summed E-state index contributed by atoms with van der Waals surface area (Å²) in [5.41, 5.74) is -4.26. The number of carbonyl (C=O) groups excluding carboxylic acids is 3. The van der Waals surface area contributed by atoms with Gasteiger partial charge < -0.3 is 33.2 Å². The third kappa shape index (κ3) is 6.95. The maximum Gasteiger partial charge on any atom is 0.350 e. The Bertz CT molecular complexity index is 1080. The first kappa shape index (κ1) is 31.3. The van der Waals surface area contributed by atoms with E-state index < -0.39 is 71.5 Å². The highest BCUT2D eigenvalue weighted by Gasteiger charge is 2.53. The molecule has 1 aromatic heterocycles. The molecule has 1 aliphatic heterocycles. The summed E-state index contributed by atoms with van der Waals surface area (Å²) in [5, 5.41) is 0. The van der Waals surface area contributed by atoms with Gasteiger partial charge in [0.25, 0.3) is 0 Å². The van der Waals surface area contributed by atoms with Crippen molar-refractivity contribution in [1.82, 2.24) is 9.55 Å². The first-order valence-electron chi connectivity index (χ1n) is 12.0. The Morgan fingerprint density at radius 3 is 1.82 bits per heavy atom. The number of methoxy groups -OCH3 is 3. The number of aryl methyl sites for hydroxylation is 1. The lowest BCUT2D eigenvalue weighted by molar-refractivity contribution is -0.190. The van der Waals surface area contributed by atoms with Gasteiger partial charge in [-0.2, -0.15) is 4.98 Å². The number of rotatable bonds is 11. The van der Waals surface area contributed by atoms with E-state index in [1.165, 1.54) is 69.1 Å². The van der Waals surface area contributed by atoms with E-state index in [9.17, 15) is 19.2 Å². The predicted octanol–water partition coefficient (Wildman–Crippen LogP) is 1.09. The number of nitrogens with zero attached hydrogens (tertiary/aromatic N) is 2. The zero-order chi connectivity index (χ0) is 29.1. The highest BCUT2D eigenvalue weighted by atomic mass is 16.7. The molecule has 0 radical (unpaired) electrons. The predicted molar refractivity (Wildman–Crippen MR) is 131 cm³/mol. The van der Waals surface area contributed by atoms with Crippen LogP contribution in [0.15, 0.2) is 17.1 Å². The Kier molecular flexibility index (Phi) is 9.81. The Morgan fingerprint density at radius 1 is 0.868 bits per heavy atom. The molecule has 0 amide bonds. The molecule has 214 valence electrons. The summed E-state index contributed by atoms with van der Waals surface area (Å²) in [6.45, 7) is 10.2. The second-order valence-electron chi connectivity index (χ2n) is 10.3. The summed E-state index contributed by atoms with van der Waals surface area (Å²) in [5.74, 6) is -2.32. The zero-order valence-corrected chi connectivity index (χ0v) is 23.6. The average molecular weight is 543 g/mol. The molecule has 2 heterocycles. The van der Waals surface area contributed by atoms with Crippen LogP contribution in [0, 0.1) is 6.92 Å². The first-order chi connectivity index (χ1) is 17.5. The van der Waals surface area contributed by atoms with Crippen LogP contribution in [0.4, 0.5) is 0 Å². The molecule has 0 unspecified atom stereocenters. The lowest BCUT2D eigenvalue weighted by Gasteiger charge is -2.30. The summed E-state index contributed by atoms with van der Waals surface area (Å²) in [6.07, 6.45) is -3.68. The highest BCUT2D eigenvalue weighted by molar-refractivity contribution is 5.80. The van der Waals surface area contributed by atoms with Gasteiger partial charge in [-0.1, -0.05) is 0 Å². The number of aromatic nitrogens is 2. The highest BCUT2D eigenvalue weighted by Crippen LogP contribution is 2.35. The monoisotopic (exact) mass is 542 g/mol. The molecule has 1 aromatic rings. The number of carbonyl (C=O) groups is 3. The maximum absolute atomic E-state index is 13.0. The molecular formula is C25H38N2O11. The van der Waals surface area contributed by atoms with E-state index in [4.69, 9.17) is 33.2 Å². The molecule has 2 rings (SSSR count). The SMILES string of the molecule is COC(C)(C)C(=O)OC[C@H]1O[C@@H](n2ccc(C)nc2=O)[C@H](OC(=O)C(C)(C)OC)[C@@H]1OC(=O)C(C)(C)OC. The molecule has 1 saturated heterocycles. The Labute approximate surface area is 221 Å². The van der Waals surface area contributed by atoms with Crippen LogP contribution in [-0.2, 0) is 47.5 Å². The third-order valence-corrected chi connectivity index (χ3v) is 6.40. The molecule has 0 aromatic carbocycles. The first-order valence-corrected chi connectivity index (χ1v) is 12.0. The van der Waals surface area contributed by atoms with Crippen molar-refractivity contribution in [1.29, 1.82) is 0 Å². The van der Waals surface area contributed by atoms with Crippen LogP contribution in [0.25, 0.3) is 0 Å². The smallest absolute Gasteiger partial charge is 0.350 e. The van der Waals surface area contributed by atoms with Gasteiger partial charge in [-0.3, -0.25) is 4.57 Å². The molecular weight excluding hydrogens is 504 g/mol. The van der Waals surface area contributed by atoms with Crippen LogP contribution in [0.2, 0.25) is 0 Å². The van der Waals surface area contributed by atoms with Crippen molar-refractivity contribution >= 4 is 17.9 Å². The van der Waals surface area contributed by atoms with Gasteiger partial charge in [0.05, 0.1) is 0 Å². The summed E-state index contributed by atoms with van der Waals surface area (Å²) >= 11 is 0. The second-order valence-corrected chi connectivity index (χ2v) is 10.3. The maximum atomic E-state index is 13.0. The molecule has 0 N–H and O–H groups in total. The fraction of sp³-hybridized carbons (Fsp3) is 0.720. The summed E-state index contributed by atoms with van der Waals surface area (Å²) in [6, 6.07) is 1.56. The van der Waals surface area contributed by atoms with Gasteiger partial charge in [-0.25, -0.2) is 19.2 Å². The number of ether oxygens (including phenoxy) is 7. The molecule has 13 nitrogen and oxygen atoms in total. The number of hydrogen-bond donors (Lipinski definition) is 0. The van der Waals surface area contributed by atoms with Gasteiger partial charge in [0.1, 0.15) is 12.7 Å². The van der Waals surface area contributed by atoms with Gasteiger partial charge in [-0.15, -0.1) is 0 Å². The summed E-state index contributed by atoms with van der Waals surface area (Å²) in [4.78, 5) is 55.3. The minimum Gasteiger partial charge on any atom is -0.461 e. The average Bonchev–Trinajstić information content (AvgIpc) is 3.18. The second kappa shape index (κ2) is 11.9. The molecule has 1 aliphatic rings. The van der Waals surface area contributed by atoms with Crippen molar-refractivity contribution in [2.75, 3.05) is 27.9 Å². The summed E-state index contributed by atoms with van der Waals surface area (Å²) in [7, 11) is 4.01. The molecule has 0 aliphatic carbocycles. The van der Waals surface area contributed by atoms with Gasteiger partial charge in [-0.05, 0) is 54.5 Å². The van der Waals surface area contributed by atoms with Crippen LogP contribution < -0.4 is 5.69 Å². The summed E-state index contributed by atoms with van der Waals surface area (Å²) < 4.78 is 39.6. The molecule has 0 bridgehead atoms. The fourth-order valence-electron chi connectivity index (χ4n) is 3.14. The van der Waals surface area contributed by atoms with E-state index in [2.05, 4.69) is 4.98 Å². The van der Waals surface area contributed by atoms with Crippen molar-refractivity contribution in [2.45, 2.75) is 89.8 Å². The van der Waals surface area contributed by atoms with Crippen molar-refractivity contribution in [2.24, 2.45) is 0 Å². The van der Waals surface area contributed by atoms with E-state index in [-0.39, 0.29) is 0 Å². The normalized spacial score (nSPS) is 22.2. The van der Waals surface area contributed by atoms with Crippen molar-refractivity contribution in [3.63, 3.8) is 0 Å². The fourth-order valence-corrected chi connectivity index (χ4v) is 3.14. The zero-order valence-electron chi connectivity index (χ0n) is 23.6. The Balaban J connectivity index is 2.55. The van der Waals surface area contributed by atoms with Crippen LogP contribution in [0.5, 0.6) is 0 Å². The van der Waals surface area contributed by atoms with Crippen molar-refractivity contribution < 1.29 is 47.5 Å². The lowest BCUT2D eigenvalue weighted by Crippen LogP contribution is -2.49. The largest absolute Gasteiger partial charge is 0.461 e. The molecule has 0 spiro atoms. The number of hydrogen-bond acceptors (Lipinski definition) is 12. The van der Waals surface area contributed by atoms with Crippen LogP contribution in [0.3, 0.4) is 0 Å². The third-order valence-electron chi connectivity index (χ3n) is 6.40. The van der Waals surface area contributed by atoms with E-state index in [1.807, 2.05) is 0 Å². The Morgan fingerprint density at radius 2 is 1.34 bits per heavy atom. The topological polar surface area (TPSA) is 151 Å². The molecule has 13 heteroatoms. The van der Waals surface area contributed by atoms with Crippen LogP contribution in [0.1, 0.15) is 53.5 Å². The molecule has 1 fully saturated rings. The Hall–Kier alpha value is -2.87. The van der Waals surface area contributed by atoms with Crippen LogP contribution in [-0.4, -0.2) is 90.5 Å². The minimum absolute atomic E-state index is 0.413. The standard InChI is InChI=1S/C25H38N2O11/c1-14-11-12-27(22(31)26-14)18-17(38-21(30)25(6,7)34-10)16(37-20(29)24(4,5)33-9)15(36-18)13-35-19(28)23(2,3)32-8/h11-12,15-18H,13H2,1-10H3/t15-,16-,17-,18-/m1/s1. The van der Waals surface area contributed by atoms with E-state index >= 15 is 0 Å². The van der Waals surface area contributed by atoms with Gasteiger partial charge in [0.2, 0.25) is 0 Å². The van der Waals surface area contributed by atoms with Crippen molar-refractivity contribution in [3.8, 4) is 0 Å². The molecule has 4 atom stereocenters. The molecule has 38 heavy (non-hydrogen) atoms. The molecule has 0 saturated carbocycles. The van der Waals surface area contributed by atoms with Gasteiger partial charge >= 0.3 is 23.6 Å². The number of esters is 3. The quantitative estimate of drug-likeness (QED) is 0.291. The minimum atomic E-state index is -1.38. The van der Waals surface area contributed by atoms with Crippen LogP contribution >= 0.6 is 0 Å². The van der Waals surface area contributed by atoms with Gasteiger partial charge in [0, 0.05) is 33.2 Å². The van der Waals surface area contributed by atoms with E-state index in [0.717, 1.165) is 4.57 Å². The van der Waals surface area contributed by atoms with Gasteiger partial charge in [0.15, 0.2) is 35.2 Å². The van der Waals surface area contributed by atoms with E-state index in [1.54, 1.807) is 13.0 Å². The van der Waals surface area contributed by atoms with Crippen molar-refractivity contribution in [3.05, 3.63) is 28.4 Å². The van der Waals surface area contributed by atoms with E-state index in [0.29, 0.717) is 5.69 Å².